The highest BCUT2D eigenvalue weighted by atomic mass is 16.3. The lowest BCUT2D eigenvalue weighted by atomic mass is 9.87. The van der Waals surface area contributed by atoms with E-state index in [1.54, 1.807) is 13.8 Å². The summed E-state index contributed by atoms with van der Waals surface area (Å²) in [5.41, 5.74) is -0.894. The molecule has 2 amide bonds. The van der Waals surface area contributed by atoms with E-state index in [0.29, 0.717) is 6.54 Å². The normalized spacial score (nSPS) is 12.9. The summed E-state index contributed by atoms with van der Waals surface area (Å²) in [7, 11) is 0. The first-order valence-corrected chi connectivity index (χ1v) is 6.18. The molecule has 0 saturated carbocycles. The second-order valence-corrected chi connectivity index (χ2v) is 4.94. The van der Waals surface area contributed by atoms with Crippen molar-refractivity contribution in [2.24, 2.45) is 5.41 Å². The molecule has 0 aliphatic heterocycles. The van der Waals surface area contributed by atoms with Crippen LogP contribution in [0.4, 0.5) is 0 Å². The van der Waals surface area contributed by atoms with Crippen LogP contribution in [-0.4, -0.2) is 47.8 Å². The fraction of sp³-hybridized carbons (Fsp3) is 0.833. The standard InChI is InChI=1S/C12H24N2O4/c1-4-6-13-9(16)5-7-14-11(18)10(17)12(2,3)8-15/h10,15,17H,4-8H2,1-3H3,(H,13,16)(H,14,18). The lowest BCUT2D eigenvalue weighted by Crippen LogP contribution is -2.46. The number of hydrogen-bond acceptors (Lipinski definition) is 4. The maximum Gasteiger partial charge on any atom is 0.249 e. The van der Waals surface area contributed by atoms with Gasteiger partial charge in [-0.3, -0.25) is 9.59 Å². The van der Waals surface area contributed by atoms with Crippen molar-refractivity contribution in [3.63, 3.8) is 0 Å². The van der Waals surface area contributed by atoms with E-state index < -0.39 is 17.4 Å². The van der Waals surface area contributed by atoms with Crippen LogP contribution in [0.1, 0.15) is 33.6 Å². The van der Waals surface area contributed by atoms with Crippen molar-refractivity contribution in [3.8, 4) is 0 Å². The molecule has 0 aliphatic carbocycles. The summed E-state index contributed by atoms with van der Waals surface area (Å²) >= 11 is 0. The summed E-state index contributed by atoms with van der Waals surface area (Å²) in [4.78, 5) is 22.8. The van der Waals surface area contributed by atoms with Crippen LogP contribution in [0, 0.1) is 5.41 Å². The molecule has 0 spiro atoms. The van der Waals surface area contributed by atoms with Gasteiger partial charge in [-0.15, -0.1) is 0 Å². The van der Waals surface area contributed by atoms with Crippen molar-refractivity contribution in [1.82, 2.24) is 10.6 Å². The third kappa shape index (κ3) is 5.97. The van der Waals surface area contributed by atoms with E-state index in [4.69, 9.17) is 5.11 Å². The second kappa shape index (κ2) is 8.05. The van der Waals surface area contributed by atoms with Gasteiger partial charge in [0, 0.05) is 24.9 Å². The zero-order chi connectivity index (χ0) is 14.2. The molecule has 1 unspecified atom stereocenters. The van der Waals surface area contributed by atoms with Gasteiger partial charge in [-0.2, -0.15) is 0 Å². The highest BCUT2D eigenvalue weighted by molar-refractivity contribution is 5.82. The van der Waals surface area contributed by atoms with Gasteiger partial charge in [-0.05, 0) is 6.42 Å². The fourth-order valence-electron chi connectivity index (χ4n) is 1.19. The first kappa shape index (κ1) is 16.9. The molecule has 18 heavy (non-hydrogen) atoms. The topological polar surface area (TPSA) is 98.7 Å². The van der Waals surface area contributed by atoms with Gasteiger partial charge < -0.3 is 20.8 Å². The van der Waals surface area contributed by atoms with Crippen LogP contribution in [0.3, 0.4) is 0 Å². The van der Waals surface area contributed by atoms with Gasteiger partial charge in [0.05, 0.1) is 6.61 Å². The molecular formula is C12H24N2O4. The van der Waals surface area contributed by atoms with Crippen LogP contribution in [0.5, 0.6) is 0 Å². The summed E-state index contributed by atoms with van der Waals surface area (Å²) in [5.74, 6) is -0.703. The van der Waals surface area contributed by atoms with E-state index in [-0.39, 0.29) is 25.5 Å². The molecule has 4 N–H and O–H groups in total. The molecule has 0 aromatic heterocycles. The van der Waals surface area contributed by atoms with E-state index >= 15 is 0 Å². The smallest absolute Gasteiger partial charge is 0.249 e. The minimum absolute atomic E-state index is 0.131. The maximum atomic E-state index is 11.5. The lowest BCUT2D eigenvalue weighted by molar-refractivity contribution is -0.137. The fourth-order valence-corrected chi connectivity index (χ4v) is 1.19. The van der Waals surface area contributed by atoms with Crippen molar-refractivity contribution in [2.75, 3.05) is 19.7 Å². The lowest BCUT2D eigenvalue weighted by Gasteiger charge is -2.27. The Labute approximate surface area is 108 Å². The number of carbonyl (C=O) groups is 2. The summed E-state index contributed by atoms with van der Waals surface area (Å²) in [6, 6.07) is 0. The Hall–Kier alpha value is -1.14. The first-order valence-electron chi connectivity index (χ1n) is 6.18. The Morgan fingerprint density at radius 3 is 2.33 bits per heavy atom. The summed E-state index contributed by atoms with van der Waals surface area (Å²) in [6.07, 6.45) is -0.249. The van der Waals surface area contributed by atoms with E-state index in [9.17, 15) is 14.7 Å². The number of aliphatic hydroxyl groups excluding tert-OH is 2. The number of amides is 2. The Morgan fingerprint density at radius 2 is 1.83 bits per heavy atom. The van der Waals surface area contributed by atoms with Crippen molar-refractivity contribution >= 4 is 11.8 Å². The zero-order valence-electron chi connectivity index (χ0n) is 11.3. The van der Waals surface area contributed by atoms with Crippen LogP contribution in [0.15, 0.2) is 0 Å². The van der Waals surface area contributed by atoms with E-state index in [1.165, 1.54) is 0 Å². The largest absolute Gasteiger partial charge is 0.396 e. The van der Waals surface area contributed by atoms with Crippen LogP contribution in [0.25, 0.3) is 0 Å². The molecule has 0 heterocycles. The predicted octanol–water partition coefficient (Wildman–Crippen LogP) is -0.602. The van der Waals surface area contributed by atoms with Crippen LogP contribution in [-0.2, 0) is 9.59 Å². The van der Waals surface area contributed by atoms with E-state index in [1.807, 2.05) is 6.92 Å². The molecule has 6 heteroatoms. The quantitative estimate of drug-likeness (QED) is 0.468. The monoisotopic (exact) mass is 260 g/mol. The average molecular weight is 260 g/mol. The van der Waals surface area contributed by atoms with Gasteiger partial charge in [-0.25, -0.2) is 0 Å². The van der Waals surface area contributed by atoms with Crippen molar-refractivity contribution in [1.29, 1.82) is 0 Å². The Bertz CT molecular complexity index is 279. The molecule has 1 atom stereocenters. The number of hydrogen-bond donors (Lipinski definition) is 4. The molecule has 0 bridgehead atoms. The van der Waals surface area contributed by atoms with Crippen molar-refractivity contribution in [3.05, 3.63) is 0 Å². The Morgan fingerprint density at radius 1 is 1.22 bits per heavy atom. The van der Waals surface area contributed by atoms with Gasteiger partial charge in [0.2, 0.25) is 11.8 Å². The molecule has 0 fully saturated rings. The number of aliphatic hydroxyl groups is 2. The number of rotatable bonds is 8. The molecular weight excluding hydrogens is 236 g/mol. The van der Waals surface area contributed by atoms with E-state index in [0.717, 1.165) is 6.42 Å². The highest BCUT2D eigenvalue weighted by Gasteiger charge is 2.32. The number of carbonyl (C=O) groups excluding carboxylic acids is 2. The van der Waals surface area contributed by atoms with Gasteiger partial charge >= 0.3 is 0 Å². The molecule has 0 aliphatic rings. The van der Waals surface area contributed by atoms with Crippen LogP contribution >= 0.6 is 0 Å². The highest BCUT2D eigenvalue weighted by Crippen LogP contribution is 2.19. The summed E-state index contributed by atoms with van der Waals surface area (Å²) in [5, 5.41) is 23.9. The van der Waals surface area contributed by atoms with Gasteiger partial charge in [0.15, 0.2) is 0 Å². The zero-order valence-corrected chi connectivity index (χ0v) is 11.3. The maximum absolute atomic E-state index is 11.5. The van der Waals surface area contributed by atoms with Crippen LogP contribution in [0.2, 0.25) is 0 Å². The molecule has 106 valence electrons. The molecule has 0 radical (unpaired) electrons. The number of nitrogens with one attached hydrogen (secondary N) is 2. The predicted molar refractivity (Wildman–Crippen MR) is 67.8 cm³/mol. The molecule has 6 nitrogen and oxygen atoms in total. The van der Waals surface area contributed by atoms with Gasteiger partial charge in [-0.1, -0.05) is 20.8 Å². The van der Waals surface area contributed by atoms with Gasteiger partial charge in [0.1, 0.15) is 6.10 Å². The molecule has 0 aromatic rings. The minimum Gasteiger partial charge on any atom is -0.396 e. The SMILES string of the molecule is CCCNC(=O)CCNC(=O)C(O)C(C)(C)CO. The van der Waals surface area contributed by atoms with E-state index in [2.05, 4.69) is 10.6 Å². The second-order valence-electron chi connectivity index (χ2n) is 4.94. The van der Waals surface area contributed by atoms with Gasteiger partial charge in [0.25, 0.3) is 0 Å². The summed E-state index contributed by atoms with van der Waals surface area (Å²) < 4.78 is 0. The first-order chi connectivity index (χ1) is 8.35. The summed E-state index contributed by atoms with van der Waals surface area (Å²) in [6.45, 7) is 5.63. The average Bonchev–Trinajstić information content (AvgIpc) is 2.35. The molecule has 0 aromatic carbocycles. The molecule has 0 rings (SSSR count). The van der Waals surface area contributed by atoms with Crippen molar-refractivity contribution in [2.45, 2.75) is 39.7 Å². The molecule has 0 saturated heterocycles. The third-order valence-electron chi connectivity index (χ3n) is 2.62. The Kier molecular flexibility index (Phi) is 7.54. The van der Waals surface area contributed by atoms with Crippen LogP contribution < -0.4 is 10.6 Å². The third-order valence-corrected chi connectivity index (χ3v) is 2.62. The minimum atomic E-state index is -1.29. The Balaban J connectivity index is 3.94. The van der Waals surface area contributed by atoms with Crippen molar-refractivity contribution < 1.29 is 19.8 Å².